The molecule has 190 valence electrons. The van der Waals surface area contributed by atoms with Gasteiger partial charge < -0.3 is 9.80 Å². The van der Waals surface area contributed by atoms with E-state index in [-0.39, 0.29) is 32.2 Å². The first-order valence-corrected chi connectivity index (χ1v) is 12.9. The largest absolute Gasteiger partial charge is 0.416 e. The van der Waals surface area contributed by atoms with Crippen molar-refractivity contribution in [3.05, 3.63) is 54.5 Å². The fourth-order valence-corrected chi connectivity index (χ4v) is 5.33. The number of likely N-dealkylation sites (tertiary alicyclic amines) is 1. The van der Waals surface area contributed by atoms with Crippen LogP contribution in [-0.2, 0) is 20.8 Å². The van der Waals surface area contributed by atoms with Gasteiger partial charge in [-0.05, 0) is 18.2 Å². The van der Waals surface area contributed by atoms with Gasteiger partial charge in [-0.25, -0.2) is 12.8 Å². The molecule has 0 saturated carbocycles. The molecule has 1 aromatic carbocycles. The van der Waals surface area contributed by atoms with Gasteiger partial charge in [0.15, 0.2) is 15.7 Å². The number of rotatable bonds is 5. The summed E-state index contributed by atoms with van der Waals surface area (Å²) in [6.45, 7) is 3.89. The van der Waals surface area contributed by atoms with Crippen molar-refractivity contribution < 1.29 is 30.8 Å². The second-order valence-corrected chi connectivity index (χ2v) is 11.3. The van der Waals surface area contributed by atoms with Crippen molar-refractivity contribution in [1.29, 1.82) is 0 Å². The zero-order valence-electron chi connectivity index (χ0n) is 19.0. The van der Waals surface area contributed by atoms with Crippen LogP contribution in [0.15, 0.2) is 48.9 Å². The van der Waals surface area contributed by atoms with E-state index in [0.29, 0.717) is 28.0 Å². The Bertz CT molecular complexity index is 1470. The minimum atomic E-state index is -4.48. The van der Waals surface area contributed by atoms with Crippen LogP contribution in [0.2, 0.25) is 0 Å². The van der Waals surface area contributed by atoms with E-state index >= 15 is 0 Å². The molecule has 8 nitrogen and oxygen atoms in total. The van der Waals surface area contributed by atoms with Gasteiger partial charge in [0, 0.05) is 44.2 Å². The summed E-state index contributed by atoms with van der Waals surface area (Å²) < 4.78 is 77.9. The van der Waals surface area contributed by atoms with E-state index in [2.05, 4.69) is 16.7 Å². The number of benzene rings is 1. The highest BCUT2D eigenvalue weighted by atomic mass is 32.2. The molecule has 0 unspecified atom stereocenters. The molecule has 13 heteroatoms. The second kappa shape index (κ2) is 8.29. The van der Waals surface area contributed by atoms with Gasteiger partial charge in [-0.3, -0.25) is 14.5 Å². The number of anilines is 1. The van der Waals surface area contributed by atoms with Crippen LogP contribution in [0.4, 0.5) is 23.2 Å². The molecule has 5 rings (SSSR count). The maximum Gasteiger partial charge on any atom is 0.416 e. The third-order valence-corrected chi connectivity index (χ3v) is 8.08. The van der Waals surface area contributed by atoms with E-state index in [4.69, 9.17) is 0 Å². The fraction of sp³-hybridized carbons (Fsp3) is 0.348. The lowest BCUT2D eigenvalue weighted by atomic mass is 10.1. The molecule has 36 heavy (non-hydrogen) atoms. The number of carbonyl (C=O) groups is 1. The third-order valence-electron chi connectivity index (χ3n) is 6.57. The summed E-state index contributed by atoms with van der Waals surface area (Å²) in [5.74, 6) is -1.89. The number of amides is 1. The molecule has 2 saturated heterocycles. The number of nitrogens with zero attached hydrogens (tertiary/aromatic N) is 5. The van der Waals surface area contributed by atoms with Crippen LogP contribution in [0.1, 0.15) is 11.6 Å². The summed E-state index contributed by atoms with van der Waals surface area (Å²) in [5.41, 5.74) is 1.63. The lowest BCUT2D eigenvalue weighted by Gasteiger charge is -2.41. The Balaban J connectivity index is 1.57. The molecule has 3 aromatic rings. The summed E-state index contributed by atoms with van der Waals surface area (Å²) >= 11 is 0. The van der Waals surface area contributed by atoms with Gasteiger partial charge in [-0.2, -0.15) is 18.3 Å². The lowest BCUT2D eigenvalue weighted by Crippen LogP contribution is -2.55. The highest BCUT2D eigenvalue weighted by molar-refractivity contribution is 7.91. The topological polar surface area (TPSA) is 88.4 Å². The number of hydrogen-bond donors (Lipinski definition) is 0. The van der Waals surface area contributed by atoms with Crippen molar-refractivity contribution in [2.24, 2.45) is 0 Å². The lowest BCUT2D eigenvalue weighted by molar-refractivity contribution is -0.137. The minimum absolute atomic E-state index is 0.158. The molecule has 0 aliphatic carbocycles. The van der Waals surface area contributed by atoms with Crippen molar-refractivity contribution in [1.82, 2.24) is 19.7 Å². The van der Waals surface area contributed by atoms with Crippen molar-refractivity contribution in [2.75, 3.05) is 37.3 Å². The molecule has 2 aromatic heterocycles. The zero-order valence-corrected chi connectivity index (χ0v) is 19.9. The Morgan fingerprint density at radius 1 is 1.08 bits per heavy atom. The standard InChI is InChI=1S/C23H21F4N5O3S/c1-13(24)22(33)31-9-16(10-31)32-21-18(30-11-17(12-30)36(2,34)35)7-8-28-20(21)19(29-32)14-3-5-15(6-4-14)23(25,26)27/h3-8,16-17H,1,9-12H2,2H3. The zero-order chi connectivity index (χ0) is 26.0. The number of halogens is 4. The van der Waals surface area contributed by atoms with Gasteiger partial charge in [-0.15, -0.1) is 0 Å². The first-order chi connectivity index (χ1) is 16.8. The molecule has 1 amide bonds. The van der Waals surface area contributed by atoms with Crippen LogP contribution in [-0.4, -0.2) is 71.7 Å². The Hall–Kier alpha value is -3.48. The molecule has 2 aliphatic heterocycles. The first kappa shape index (κ1) is 24.2. The smallest absolute Gasteiger partial charge is 0.367 e. The van der Waals surface area contributed by atoms with Gasteiger partial charge >= 0.3 is 6.18 Å². The van der Waals surface area contributed by atoms with Crippen LogP contribution >= 0.6 is 0 Å². The SMILES string of the molecule is C=C(F)C(=O)N1CC(n2nc(-c3ccc(C(F)(F)F)cc3)c3nccc(N4CC(S(C)(=O)=O)C4)c32)C1. The van der Waals surface area contributed by atoms with Crippen molar-refractivity contribution >= 4 is 32.5 Å². The van der Waals surface area contributed by atoms with Crippen LogP contribution in [0.3, 0.4) is 0 Å². The summed E-state index contributed by atoms with van der Waals surface area (Å²) in [6, 6.07) is 5.95. The number of aromatic nitrogens is 3. The molecule has 0 atom stereocenters. The molecule has 2 fully saturated rings. The highest BCUT2D eigenvalue weighted by Crippen LogP contribution is 2.39. The van der Waals surface area contributed by atoms with Crippen LogP contribution in [0.25, 0.3) is 22.3 Å². The van der Waals surface area contributed by atoms with Crippen molar-refractivity contribution in [3.63, 3.8) is 0 Å². The van der Waals surface area contributed by atoms with Gasteiger partial charge in [0.05, 0.1) is 22.5 Å². The van der Waals surface area contributed by atoms with Gasteiger partial charge in [0.1, 0.15) is 16.7 Å². The van der Waals surface area contributed by atoms with Crippen LogP contribution in [0, 0.1) is 0 Å². The second-order valence-electron chi connectivity index (χ2n) is 9.02. The van der Waals surface area contributed by atoms with Gasteiger partial charge in [0.2, 0.25) is 0 Å². The van der Waals surface area contributed by atoms with Gasteiger partial charge in [-0.1, -0.05) is 18.7 Å². The molecule has 0 N–H and O–H groups in total. The van der Waals surface area contributed by atoms with Crippen molar-refractivity contribution in [3.8, 4) is 11.3 Å². The average Bonchev–Trinajstić information content (AvgIpc) is 3.10. The maximum absolute atomic E-state index is 13.3. The van der Waals surface area contributed by atoms with Crippen LogP contribution < -0.4 is 4.90 Å². The van der Waals surface area contributed by atoms with E-state index in [1.54, 1.807) is 10.7 Å². The molecule has 0 radical (unpaired) electrons. The summed E-state index contributed by atoms with van der Waals surface area (Å²) in [6.07, 6.45) is -1.76. The summed E-state index contributed by atoms with van der Waals surface area (Å²) in [5, 5.41) is 4.14. The summed E-state index contributed by atoms with van der Waals surface area (Å²) in [7, 11) is -3.22. The predicted molar refractivity (Wildman–Crippen MR) is 125 cm³/mol. The van der Waals surface area contributed by atoms with E-state index in [1.165, 1.54) is 29.5 Å². The molecular formula is C23H21F4N5O3S. The average molecular weight is 524 g/mol. The molecule has 0 spiro atoms. The van der Waals surface area contributed by atoms with E-state index in [1.807, 2.05) is 4.90 Å². The highest BCUT2D eigenvalue weighted by Gasteiger charge is 2.39. The maximum atomic E-state index is 13.3. The number of hydrogen-bond acceptors (Lipinski definition) is 6. The van der Waals surface area contributed by atoms with E-state index < -0.39 is 38.6 Å². The monoisotopic (exact) mass is 523 g/mol. The Morgan fingerprint density at radius 2 is 1.72 bits per heavy atom. The molecule has 4 heterocycles. The quantitative estimate of drug-likeness (QED) is 0.377. The number of sulfone groups is 1. The summed E-state index contributed by atoms with van der Waals surface area (Å²) in [4.78, 5) is 19.5. The molecular weight excluding hydrogens is 502 g/mol. The number of carbonyl (C=O) groups excluding carboxylic acids is 1. The minimum Gasteiger partial charge on any atom is -0.367 e. The van der Waals surface area contributed by atoms with Gasteiger partial charge in [0.25, 0.3) is 5.91 Å². The first-order valence-electron chi connectivity index (χ1n) is 11.0. The normalized spacial score (nSPS) is 17.2. The van der Waals surface area contributed by atoms with Crippen molar-refractivity contribution in [2.45, 2.75) is 17.5 Å². The molecule has 2 aliphatic rings. The predicted octanol–water partition coefficient (Wildman–Crippen LogP) is 3.22. The number of fused-ring (bicyclic) bond motifs is 1. The fourth-order valence-electron chi connectivity index (χ4n) is 4.43. The van der Waals surface area contributed by atoms with E-state index in [0.717, 1.165) is 12.1 Å². The Labute approximate surface area is 203 Å². The van der Waals surface area contributed by atoms with E-state index in [9.17, 15) is 30.8 Å². The molecule has 0 bridgehead atoms. The number of pyridine rings is 1. The number of alkyl halides is 3. The Kier molecular flexibility index (Phi) is 5.58. The Morgan fingerprint density at radius 3 is 2.28 bits per heavy atom. The third kappa shape index (κ3) is 4.10. The van der Waals surface area contributed by atoms with Crippen LogP contribution in [0.5, 0.6) is 0 Å².